The van der Waals surface area contributed by atoms with Gasteiger partial charge in [0.05, 0.1) is 13.5 Å². The summed E-state index contributed by atoms with van der Waals surface area (Å²) in [6.45, 7) is 0. The minimum Gasteiger partial charge on any atom is -0.469 e. The highest BCUT2D eigenvalue weighted by Crippen LogP contribution is 2.26. The molecule has 0 fully saturated rings. The molecular formula is C10H8Br2O3. The number of hydrogen-bond acceptors (Lipinski definition) is 3. The predicted molar refractivity (Wildman–Crippen MR) is 62.9 cm³/mol. The number of aldehydes is 1. The molecule has 3 nitrogen and oxygen atoms in total. The van der Waals surface area contributed by atoms with Gasteiger partial charge in [0.15, 0.2) is 0 Å². The van der Waals surface area contributed by atoms with E-state index in [1.807, 2.05) is 0 Å². The van der Waals surface area contributed by atoms with Gasteiger partial charge in [-0.2, -0.15) is 0 Å². The van der Waals surface area contributed by atoms with Crippen LogP contribution < -0.4 is 0 Å². The molecule has 80 valence electrons. The van der Waals surface area contributed by atoms with Gasteiger partial charge in [-0.25, -0.2) is 0 Å². The van der Waals surface area contributed by atoms with Crippen molar-refractivity contribution in [2.24, 2.45) is 0 Å². The molecule has 1 aromatic carbocycles. The SMILES string of the molecule is COC(=O)Cc1cc(Br)c(Br)cc1C=O. The molecule has 15 heavy (non-hydrogen) atoms. The normalized spacial score (nSPS) is 9.80. The molecule has 5 heteroatoms. The highest BCUT2D eigenvalue weighted by atomic mass is 79.9. The summed E-state index contributed by atoms with van der Waals surface area (Å²) in [6, 6.07) is 3.39. The molecule has 0 heterocycles. The number of carbonyl (C=O) groups excluding carboxylic acids is 2. The first-order valence-corrected chi connectivity index (χ1v) is 5.67. The molecule has 0 aromatic heterocycles. The van der Waals surface area contributed by atoms with Crippen molar-refractivity contribution < 1.29 is 14.3 Å². The molecule has 0 aliphatic carbocycles. The lowest BCUT2D eigenvalue weighted by Crippen LogP contribution is -2.06. The predicted octanol–water partition coefficient (Wildman–Crippen LogP) is 2.74. The molecule has 0 radical (unpaired) electrons. The number of rotatable bonds is 3. The van der Waals surface area contributed by atoms with E-state index in [4.69, 9.17) is 0 Å². The molecule has 1 rings (SSSR count). The first-order valence-electron chi connectivity index (χ1n) is 4.08. The molecule has 0 atom stereocenters. The highest BCUT2D eigenvalue weighted by Gasteiger charge is 2.10. The summed E-state index contributed by atoms with van der Waals surface area (Å²) in [5.41, 5.74) is 1.13. The summed E-state index contributed by atoms with van der Waals surface area (Å²) >= 11 is 6.59. The summed E-state index contributed by atoms with van der Waals surface area (Å²) in [4.78, 5) is 21.9. The quantitative estimate of drug-likeness (QED) is 0.630. The number of benzene rings is 1. The number of carbonyl (C=O) groups is 2. The van der Waals surface area contributed by atoms with Crippen LogP contribution in [0.15, 0.2) is 21.1 Å². The van der Waals surface area contributed by atoms with Crippen molar-refractivity contribution in [2.45, 2.75) is 6.42 Å². The Morgan fingerprint density at radius 3 is 2.53 bits per heavy atom. The monoisotopic (exact) mass is 334 g/mol. The Morgan fingerprint density at radius 2 is 2.00 bits per heavy atom. The summed E-state index contributed by atoms with van der Waals surface area (Å²) in [5, 5.41) is 0. The van der Waals surface area contributed by atoms with Crippen molar-refractivity contribution in [3.05, 3.63) is 32.2 Å². The minimum atomic E-state index is -0.368. The molecule has 0 N–H and O–H groups in total. The third-order valence-corrected chi connectivity index (χ3v) is 3.72. The van der Waals surface area contributed by atoms with Crippen LogP contribution in [0.25, 0.3) is 0 Å². The summed E-state index contributed by atoms with van der Waals surface area (Å²) in [7, 11) is 1.32. The molecule has 0 aliphatic heterocycles. The lowest BCUT2D eigenvalue weighted by atomic mass is 10.1. The molecule has 0 saturated carbocycles. The summed E-state index contributed by atoms with van der Waals surface area (Å²) < 4.78 is 6.12. The first-order chi connectivity index (χ1) is 7.08. The maximum atomic E-state index is 11.1. The van der Waals surface area contributed by atoms with Crippen LogP contribution in [-0.4, -0.2) is 19.4 Å². The number of halogens is 2. The second-order valence-corrected chi connectivity index (χ2v) is 4.54. The number of hydrogen-bond donors (Lipinski definition) is 0. The maximum absolute atomic E-state index is 11.1. The molecule has 1 aromatic rings. The standard InChI is InChI=1S/C10H8Br2O3/c1-15-10(14)4-6-2-8(11)9(12)3-7(6)5-13/h2-3,5H,4H2,1H3. The van der Waals surface area contributed by atoms with Gasteiger partial charge in [0.25, 0.3) is 0 Å². The van der Waals surface area contributed by atoms with Crippen molar-refractivity contribution in [3.63, 3.8) is 0 Å². The number of ether oxygens (including phenoxy) is 1. The zero-order chi connectivity index (χ0) is 11.4. The van der Waals surface area contributed by atoms with Crippen LogP contribution in [-0.2, 0) is 16.0 Å². The van der Waals surface area contributed by atoms with Crippen molar-refractivity contribution >= 4 is 44.1 Å². The third kappa shape index (κ3) is 3.14. The second kappa shape index (κ2) is 5.42. The topological polar surface area (TPSA) is 43.4 Å². The molecule has 0 saturated heterocycles. The van der Waals surface area contributed by atoms with E-state index in [-0.39, 0.29) is 12.4 Å². The fraction of sp³-hybridized carbons (Fsp3) is 0.200. The Kier molecular flexibility index (Phi) is 4.47. The molecule has 0 bridgehead atoms. The van der Waals surface area contributed by atoms with Gasteiger partial charge in [-0.3, -0.25) is 9.59 Å². The van der Waals surface area contributed by atoms with E-state index in [2.05, 4.69) is 36.6 Å². The van der Waals surface area contributed by atoms with E-state index in [1.165, 1.54) is 7.11 Å². The Bertz CT molecular complexity index is 402. The third-order valence-electron chi connectivity index (χ3n) is 1.87. The Hall–Kier alpha value is -0.680. The van der Waals surface area contributed by atoms with Crippen molar-refractivity contribution in [1.82, 2.24) is 0 Å². The van der Waals surface area contributed by atoms with Gasteiger partial charge in [0.2, 0.25) is 0 Å². The van der Waals surface area contributed by atoms with Crippen molar-refractivity contribution in [3.8, 4) is 0 Å². The summed E-state index contributed by atoms with van der Waals surface area (Å²) in [6.07, 6.45) is 0.811. The lowest BCUT2D eigenvalue weighted by molar-refractivity contribution is -0.139. The Morgan fingerprint density at radius 1 is 1.40 bits per heavy atom. The fourth-order valence-corrected chi connectivity index (χ4v) is 1.85. The zero-order valence-electron chi connectivity index (χ0n) is 7.92. The average molecular weight is 336 g/mol. The van der Waals surface area contributed by atoms with Gasteiger partial charge in [-0.1, -0.05) is 0 Å². The first kappa shape index (κ1) is 12.4. The molecule has 0 unspecified atom stereocenters. The van der Waals surface area contributed by atoms with Crippen molar-refractivity contribution in [1.29, 1.82) is 0 Å². The minimum absolute atomic E-state index is 0.0937. The van der Waals surface area contributed by atoms with Gasteiger partial charge >= 0.3 is 5.97 Å². The highest BCUT2D eigenvalue weighted by molar-refractivity contribution is 9.13. The van der Waals surface area contributed by atoms with E-state index in [9.17, 15) is 9.59 Å². The van der Waals surface area contributed by atoms with Crippen LogP contribution in [0.2, 0.25) is 0 Å². The van der Waals surface area contributed by atoms with E-state index in [0.29, 0.717) is 11.1 Å². The van der Waals surface area contributed by atoms with E-state index in [0.717, 1.165) is 15.2 Å². The Balaban J connectivity index is 3.10. The average Bonchev–Trinajstić information content (AvgIpc) is 2.22. The van der Waals surface area contributed by atoms with Gasteiger partial charge in [-0.05, 0) is 49.6 Å². The summed E-state index contributed by atoms with van der Waals surface area (Å²) in [5.74, 6) is -0.368. The van der Waals surface area contributed by atoms with Crippen LogP contribution in [0.3, 0.4) is 0 Å². The van der Waals surface area contributed by atoms with Gasteiger partial charge in [0, 0.05) is 14.5 Å². The van der Waals surface area contributed by atoms with Crippen LogP contribution in [0.1, 0.15) is 15.9 Å². The van der Waals surface area contributed by atoms with Crippen molar-refractivity contribution in [2.75, 3.05) is 7.11 Å². The fourth-order valence-electron chi connectivity index (χ4n) is 1.09. The molecule has 0 spiro atoms. The molecule has 0 aliphatic rings. The zero-order valence-corrected chi connectivity index (χ0v) is 11.1. The number of methoxy groups -OCH3 is 1. The van der Waals surface area contributed by atoms with Gasteiger partial charge in [-0.15, -0.1) is 0 Å². The smallest absolute Gasteiger partial charge is 0.310 e. The van der Waals surface area contributed by atoms with Gasteiger partial charge < -0.3 is 4.74 Å². The largest absolute Gasteiger partial charge is 0.469 e. The lowest BCUT2D eigenvalue weighted by Gasteiger charge is -2.05. The van der Waals surface area contributed by atoms with E-state index >= 15 is 0 Å². The Labute approximate surface area is 104 Å². The van der Waals surface area contributed by atoms with E-state index < -0.39 is 0 Å². The van der Waals surface area contributed by atoms with Crippen LogP contribution >= 0.6 is 31.9 Å². The second-order valence-electron chi connectivity index (χ2n) is 2.84. The van der Waals surface area contributed by atoms with Crippen LogP contribution in [0.4, 0.5) is 0 Å². The van der Waals surface area contributed by atoms with Crippen LogP contribution in [0, 0.1) is 0 Å². The molecule has 0 amide bonds. The molecular weight excluding hydrogens is 328 g/mol. The van der Waals surface area contributed by atoms with E-state index in [1.54, 1.807) is 12.1 Å². The number of esters is 1. The van der Waals surface area contributed by atoms with Crippen LogP contribution in [0.5, 0.6) is 0 Å². The van der Waals surface area contributed by atoms with Gasteiger partial charge in [0.1, 0.15) is 6.29 Å². The maximum Gasteiger partial charge on any atom is 0.310 e.